The van der Waals surface area contributed by atoms with Gasteiger partial charge in [0.05, 0.1) is 5.69 Å². The Labute approximate surface area is 118 Å². The summed E-state index contributed by atoms with van der Waals surface area (Å²) in [5.74, 6) is 0.641. The molecule has 0 radical (unpaired) electrons. The summed E-state index contributed by atoms with van der Waals surface area (Å²) in [4.78, 5) is 11.8. The number of carbonyl (C=O) groups excluding carboxylic acids is 1. The molecule has 1 heterocycles. The number of benzene rings is 1. The molecule has 0 saturated carbocycles. The van der Waals surface area contributed by atoms with E-state index in [1.165, 1.54) is 0 Å². The summed E-state index contributed by atoms with van der Waals surface area (Å²) in [6, 6.07) is 11.3. The fraction of sp³-hybridized carbons (Fsp3) is 0.267. The van der Waals surface area contributed by atoms with Gasteiger partial charge in [-0.05, 0) is 38.1 Å². The maximum Gasteiger partial charge on any atom is 0.251 e. The minimum atomic E-state index is -0.0678. The lowest BCUT2D eigenvalue weighted by molar-refractivity contribution is 0.0955. The van der Waals surface area contributed by atoms with Crippen molar-refractivity contribution in [1.82, 2.24) is 15.5 Å². The second-order valence-corrected chi connectivity index (χ2v) is 4.61. The molecule has 0 aliphatic rings. The van der Waals surface area contributed by atoms with Crippen LogP contribution in [0.1, 0.15) is 21.6 Å². The quantitative estimate of drug-likeness (QED) is 0.815. The highest BCUT2D eigenvalue weighted by molar-refractivity contribution is 5.94. The second kappa shape index (κ2) is 6.65. The van der Waals surface area contributed by atoms with Crippen LogP contribution in [0.5, 0.6) is 0 Å². The van der Waals surface area contributed by atoms with Gasteiger partial charge in [-0.2, -0.15) is 5.10 Å². The van der Waals surface area contributed by atoms with E-state index < -0.39 is 0 Å². The third kappa shape index (κ3) is 4.05. The van der Waals surface area contributed by atoms with Crippen LogP contribution >= 0.6 is 0 Å². The zero-order valence-corrected chi connectivity index (χ0v) is 11.7. The Morgan fingerprint density at radius 3 is 2.40 bits per heavy atom. The first-order chi connectivity index (χ1) is 9.65. The minimum absolute atomic E-state index is 0.0678. The van der Waals surface area contributed by atoms with Crippen molar-refractivity contribution < 1.29 is 4.79 Å². The monoisotopic (exact) mass is 270 g/mol. The van der Waals surface area contributed by atoms with Crippen LogP contribution in [0, 0.1) is 13.8 Å². The van der Waals surface area contributed by atoms with Crippen molar-refractivity contribution >= 4 is 11.7 Å². The molecule has 1 aromatic heterocycles. The Morgan fingerprint density at radius 1 is 1.00 bits per heavy atom. The third-order valence-corrected chi connectivity index (χ3v) is 2.83. The van der Waals surface area contributed by atoms with Gasteiger partial charge in [-0.1, -0.05) is 17.7 Å². The van der Waals surface area contributed by atoms with Gasteiger partial charge in [0.15, 0.2) is 0 Å². The number of nitrogens with zero attached hydrogens (tertiary/aromatic N) is 2. The number of aromatic nitrogens is 2. The van der Waals surface area contributed by atoms with Gasteiger partial charge in [0.25, 0.3) is 5.91 Å². The summed E-state index contributed by atoms with van der Waals surface area (Å²) >= 11 is 0. The van der Waals surface area contributed by atoms with Gasteiger partial charge >= 0.3 is 0 Å². The van der Waals surface area contributed by atoms with E-state index in [9.17, 15) is 4.79 Å². The van der Waals surface area contributed by atoms with Crippen molar-refractivity contribution in [1.29, 1.82) is 0 Å². The van der Waals surface area contributed by atoms with Gasteiger partial charge < -0.3 is 10.6 Å². The number of rotatable bonds is 5. The number of anilines is 1. The Morgan fingerprint density at radius 2 is 1.75 bits per heavy atom. The summed E-state index contributed by atoms with van der Waals surface area (Å²) in [6.45, 7) is 5.02. The summed E-state index contributed by atoms with van der Waals surface area (Å²) in [6.07, 6.45) is 0. The minimum Gasteiger partial charge on any atom is -0.367 e. The molecular weight excluding hydrogens is 252 g/mol. The summed E-state index contributed by atoms with van der Waals surface area (Å²) in [5.41, 5.74) is 2.69. The number of aryl methyl sites for hydroxylation is 2. The molecule has 104 valence electrons. The van der Waals surface area contributed by atoms with Crippen molar-refractivity contribution in [2.24, 2.45) is 0 Å². The van der Waals surface area contributed by atoms with Crippen molar-refractivity contribution in [3.8, 4) is 0 Å². The Bertz CT molecular complexity index is 563. The molecule has 0 atom stereocenters. The first-order valence-electron chi connectivity index (χ1n) is 6.54. The number of nitrogens with one attached hydrogen (secondary N) is 2. The molecule has 1 aromatic carbocycles. The third-order valence-electron chi connectivity index (χ3n) is 2.83. The molecule has 5 heteroatoms. The average molecular weight is 270 g/mol. The van der Waals surface area contributed by atoms with Crippen molar-refractivity contribution in [3.63, 3.8) is 0 Å². The van der Waals surface area contributed by atoms with Gasteiger partial charge in [0.2, 0.25) is 0 Å². The Hall–Kier alpha value is -2.43. The van der Waals surface area contributed by atoms with Crippen LogP contribution in [0.25, 0.3) is 0 Å². The van der Waals surface area contributed by atoms with E-state index in [-0.39, 0.29) is 5.91 Å². The molecule has 20 heavy (non-hydrogen) atoms. The fourth-order valence-corrected chi connectivity index (χ4v) is 1.67. The molecule has 2 aromatic rings. The summed E-state index contributed by atoms with van der Waals surface area (Å²) in [5, 5.41) is 13.9. The largest absolute Gasteiger partial charge is 0.367 e. The molecule has 0 bridgehead atoms. The van der Waals surface area contributed by atoms with E-state index in [2.05, 4.69) is 20.8 Å². The van der Waals surface area contributed by atoms with Crippen LogP contribution in [0.15, 0.2) is 36.4 Å². The molecule has 0 aliphatic carbocycles. The highest BCUT2D eigenvalue weighted by Crippen LogP contribution is 2.03. The normalized spacial score (nSPS) is 10.1. The summed E-state index contributed by atoms with van der Waals surface area (Å²) in [7, 11) is 0. The first kappa shape index (κ1) is 14.0. The molecule has 5 nitrogen and oxygen atoms in total. The lowest BCUT2D eigenvalue weighted by Gasteiger charge is -2.07. The van der Waals surface area contributed by atoms with E-state index in [0.717, 1.165) is 11.3 Å². The van der Waals surface area contributed by atoms with Crippen molar-refractivity contribution in [2.75, 3.05) is 18.4 Å². The van der Waals surface area contributed by atoms with Crippen LogP contribution in [0.2, 0.25) is 0 Å². The lowest BCUT2D eigenvalue weighted by Crippen LogP contribution is -2.28. The Kier molecular flexibility index (Phi) is 4.65. The maximum atomic E-state index is 11.8. The molecule has 0 aliphatic heterocycles. The standard InChI is InChI=1S/C15H18N4O/c1-11-3-6-13(7-4-11)15(20)17-10-9-16-14-8-5-12(2)18-19-14/h3-8H,9-10H2,1-2H3,(H,16,19)(H,17,20). The van der Waals surface area contributed by atoms with E-state index in [0.29, 0.717) is 24.5 Å². The molecule has 1 amide bonds. The van der Waals surface area contributed by atoms with Crippen LogP contribution in [-0.2, 0) is 0 Å². The zero-order chi connectivity index (χ0) is 14.4. The topological polar surface area (TPSA) is 66.9 Å². The lowest BCUT2D eigenvalue weighted by atomic mass is 10.1. The van der Waals surface area contributed by atoms with Crippen LogP contribution in [0.4, 0.5) is 5.82 Å². The molecule has 0 fully saturated rings. The smallest absolute Gasteiger partial charge is 0.251 e. The van der Waals surface area contributed by atoms with Gasteiger partial charge in [-0.15, -0.1) is 5.10 Å². The molecular formula is C15H18N4O. The predicted octanol–water partition coefficient (Wildman–Crippen LogP) is 1.94. The number of carbonyl (C=O) groups is 1. The van der Waals surface area contributed by atoms with E-state index in [1.54, 1.807) is 0 Å². The molecule has 0 saturated heterocycles. The number of hydrogen-bond donors (Lipinski definition) is 2. The van der Waals surface area contributed by atoms with Crippen LogP contribution < -0.4 is 10.6 Å². The van der Waals surface area contributed by atoms with Gasteiger partial charge in [-0.25, -0.2) is 0 Å². The van der Waals surface area contributed by atoms with Gasteiger partial charge in [0, 0.05) is 18.7 Å². The SMILES string of the molecule is Cc1ccc(C(=O)NCCNc2ccc(C)nn2)cc1. The fourth-order valence-electron chi connectivity index (χ4n) is 1.67. The van der Waals surface area contributed by atoms with Gasteiger partial charge in [0.1, 0.15) is 5.82 Å². The van der Waals surface area contributed by atoms with E-state index in [1.807, 2.05) is 50.2 Å². The summed E-state index contributed by atoms with van der Waals surface area (Å²) < 4.78 is 0. The second-order valence-electron chi connectivity index (χ2n) is 4.61. The molecule has 2 rings (SSSR count). The average Bonchev–Trinajstić information content (AvgIpc) is 2.46. The number of amides is 1. The number of hydrogen-bond acceptors (Lipinski definition) is 4. The highest BCUT2D eigenvalue weighted by Gasteiger charge is 2.03. The first-order valence-corrected chi connectivity index (χ1v) is 6.54. The van der Waals surface area contributed by atoms with Crippen LogP contribution in [0.3, 0.4) is 0 Å². The van der Waals surface area contributed by atoms with E-state index in [4.69, 9.17) is 0 Å². The Balaban J connectivity index is 1.74. The van der Waals surface area contributed by atoms with Crippen LogP contribution in [-0.4, -0.2) is 29.2 Å². The van der Waals surface area contributed by atoms with E-state index >= 15 is 0 Å². The highest BCUT2D eigenvalue weighted by atomic mass is 16.1. The zero-order valence-electron chi connectivity index (χ0n) is 11.7. The van der Waals surface area contributed by atoms with Gasteiger partial charge in [-0.3, -0.25) is 4.79 Å². The molecule has 0 unspecified atom stereocenters. The maximum absolute atomic E-state index is 11.8. The molecule has 2 N–H and O–H groups in total. The van der Waals surface area contributed by atoms with Crippen molar-refractivity contribution in [3.05, 3.63) is 53.2 Å². The molecule has 0 spiro atoms. The predicted molar refractivity (Wildman–Crippen MR) is 78.8 cm³/mol. The van der Waals surface area contributed by atoms with Crippen molar-refractivity contribution in [2.45, 2.75) is 13.8 Å².